The molecule has 0 bridgehead atoms. The van der Waals surface area contributed by atoms with Crippen LogP contribution in [0.25, 0.3) is 0 Å². The van der Waals surface area contributed by atoms with Crippen molar-refractivity contribution >= 4 is 17.2 Å². The number of amides is 1. The molecule has 0 radical (unpaired) electrons. The molecule has 0 saturated heterocycles. The quantitative estimate of drug-likeness (QED) is 0.429. The predicted octanol–water partition coefficient (Wildman–Crippen LogP) is -0.648. The van der Waals surface area contributed by atoms with Gasteiger partial charge in [0, 0.05) is 17.8 Å². The zero-order valence-corrected chi connectivity index (χ0v) is 9.48. The van der Waals surface area contributed by atoms with E-state index in [0.29, 0.717) is 5.69 Å². The van der Waals surface area contributed by atoms with Crippen molar-refractivity contribution in [1.82, 2.24) is 20.0 Å². The molecule has 0 spiro atoms. The second kappa shape index (κ2) is 4.85. The fourth-order valence-electron chi connectivity index (χ4n) is 1.23. The zero-order chi connectivity index (χ0) is 12.3. The Labute approximate surface area is 99.9 Å². The molecule has 0 saturated carbocycles. The molecule has 2 rings (SSSR count). The van der Waals surface area contributed by atoms with Gasteiger partial charge >= 0.3 is 5.69 Å². The lowest BCUT2D eigenvalue weighted by atomic mass is 10.4. The summed E-state index contributed by atoms with van der Waals surface area (Å²) in [6.07, 6.45) is 3.03. The number of nitrogens with one attached hydrogen (secondary N) is 1. The summed E-state index contributed by atoms with van der Waals surface area (Å²) in [5.74, 6) is 4.55. The van der Waals surface area contributed by atoms with Gasteiger partial charge in [-0.15, -0.1) is 11.3 Å². The Morgan fingerprint density at radius 2 is 2.41 bits per heavy atom. The van der Waals surface area contributed by atoms with Gasteiger partial charge in [-0.05, 0) is 6.07 Å². The maximum Gasteiger partial charge on any atom is 0.347 e. The number of carbonyl (C=O) groups excluding carboxylic acids is 1. The summed E-state index contributed by atoms with van der Waals surface area (Å²) in [7, 11) is 0. The normalized spacial score (nSPS) is 10.2. The summed E-state index contributed by atoms with van der Waals surface area (Å²) in [6.45, 7) is 0.279. The van der Waals surface area contributed by atoms with Crippen molar-refractivity contribution in [2.75, 3.05) is 0 Å². The monoisotopic (exact) mass is 251 g/mol. The molecule has 0 atom stereocenters. The highest BCUT2D eigenvalue weighted by atomic mass is 32.1. The van der Waals surface area contributed by atoms with Gasteiger partial charge in [-0.2, -0.15) is 0 Å². The van der Waals surface area contributed by atoms with Crippen LogP contribution in [0, 0.1) is 0 Å². The standard InChI is InChI=1S/C9H9N5O2S/c10-13-7(15)8-12-6(5-17-8)4-14-3-1-2-11-9(14)16/h1-3,5H,4,10H2,(H,13,15). The van der Waals surface area contributed by atoms with Crippen LogP contribution in [0.4, 0.5) is 0 Å². The van der Waals surface area contributed by atoms with Crippen LogP contribution in [0.1, 0.15) is 15.5 Å². The minimum atomic E-state index is -0.445. The average Bonchev–Trinajstić information content (AvgIpc) is 2.80. The number of aromatic nitrogens is 3. The van der Waals surface area contributed by atoms with Gasteiger partial charge in [0.1, 0.15) is 0 Å². The highest BCUT2D eigenvalue weighted by molar-refractivity contribution is 7.11. The molecule has 2 heterocycles. The largest absolute Gasteiger partial charge is 0.347 e. The Morgan fingerprint density at radius 3 is 3.12 bits per heavy atom. The lowest BCUT2D eigenvalue weighted by Gasteiger charge is -2.00. The van der Waals surface area contributed by atoms with Crippen LogP contribution >= 0.6 is 11.3 Å². The van der Waals surface area contributed by atoms with Crippen molar-refractivity contribution in [1.29, 1.82) is 0 Å². The van der Waals surface area contributed by atoms with E-state index in [1.54, 1.807) is 17.6 Å². The number of rotatable bonds is 3. The third kappa shape index (κ3) is 2.55. The Bertz CT molecular complexity index is 591. The van der Waals surface area contributed by atoms with Gasteiger partial charge in [-0.3, -0.25) is 14.8 Å². The van der Waals surface area contributed by atoms with Gasteiger partial charge < -0.3 is 0 Å². The Hall–Kier alpha value is -2.06. The smallest absolute Gasteiger partial charge is 0.293 e. The van der Waals surface area contributed by atoms with Gasteiger partial charge in [0.2, 0.25) is 0 Å². The van der Waals surface area contributed by atoms with Crippen molar-refractivity contribution in [2.24, 2.45) is 5.84 Å². The van der Waals surface area contributed by atoms with Gasteiger partial charge in [0.05, 0.1) is 12.2 Å². The van der Waals surface area contributed by atoms with Crippen molar-refractivity contribution < 1.29 is 4.79 Å². The Morgan fingerprint density at radius 1 is 1.59 bits per heavy atom. The molecule has 0 fully saturated rings. The molecule has 0 aliphatic carbocycles. The third-order valence-electron chi connectivity index (χ3n) is 1.99. The highest BCUT2D eigenvalue weighted by Gasteiger charge is 2.09. The first-order valence-electron chi connectivity index (χ1n) is 4.67. The molecular weight excluding hydrogens is 242 g/mol. The Balaban J connectivity index is 2.20. The SMILES string of the molecule is NNC(=O)c1nc(Cn2cccnc2=O)cs1. The van der Waals surface area contributed by atoms with E-state index in [2.05, 4.69) is 9.97 Å². The molecule has 8 heteroatoms. The number of hydrogen-bond donors (Lipinski definition) is 2. The summed E-state index contributed by atoms with van der Waals surface area (Å²) >= 11 is 1.17. The van der Waals surface area contributed by atoms with Crippen LogP contribution < -0.4 is 17.0 Å². The summed E-state index contributed by atoms with van der Waals surface area (Å²) < 4.78 is 1.40. The second-order valence-electron chi connectivity index (χ2n) is 3.15. The van der Waals surface area contributed by atoms with Gasteiger partial charge in [0.15, 0.2) is 5.01 Å². The number of nitrogens with zero attached hydrogens (tertiary/aromatic N) is 3. The number of hydrogen-bond acceptors (Lipinski definition) is 6. The Kier molecular flexibility index (Phi) is 3.26. The number of thiazole rings is 1. The maximum atomic E-state index is 11.3. The molecule has 2 aromatic rings. The summed E-state index contributed by atoms with van der Waals surface area (Å²) in [5, 5.41) is 1.96. The van der Waals surface area contributed by atoms with Gasteiger partial charge in [-0.25, -0.2) is 20.6 Å². The first-order valence-corrected chi connectivity index (χ1v) is 5.55. The maximum absolute atomic E-state index is 11.3. The second-order valence-corrected chi connectivity index (χ2v) is 4.01. The molecule has 2 aromatic heterocycles. The van der Waals surface area contributed by atoms with Crippen molar-refractivity contribution in [3.63, 3.8) is 0 Å². The van der Waals surface area contributed by atoms with Crippen LogP contribution in [0.3, 0.4) is 0 Å². The van der Waals surface area contributed by atoms with E-state index < -0.39 is 5.91 Å². The van der Waals surface area contributed by atoms with Crippen LogP contribution in [0.5, 0.6) is 0 Å². The van der Waals surface area contributed by atoms with Crippen molar-refractivity contribution in [3.8, 4) is 0 Å². The van der Waals surface area contributed by atoms with E-state index in [1.165, 1.54) is 22.1 Å². The van der Waals surface area contributed by atoms with Crippen molar-refractivity contribution in [2.45, 2.75) is 6.54 Å². The molecule has 17 heavy (non-hydrogen) atoms. The minimum absolute atomic E-state index is 0.263. The minimum Gasteiger partial charge on any atom is -0.293 e. The van der Waals surface area contributed by atoms with Gasteiger partial charge in [0.25, 0.3) is 5.91 Å². The molecule has 0 unspecified atom stereocenters. The number of carbonyl (C=O) groups is 1. The lowest BCUT2D eigenvalue weighted by Crippen LogP contribution is -2.30. The first kappa shape index (κ1) is 11.4. The van der Waals surface area contributed by atoms with E-state index in [4.69, 9.17) is 5.84 Å². The molecule has 0 aliphatic heterocycles. The first-order chi connectivity index (χ1) is 8.20. The summed E-state index contributed by atoms with van der Waals surface area (Å²) in [5.41, 5.74) is 2.26. The van der Waals surface area contributed by atoms with Crippen LogP contribution in [-0.4, -0.2) is 20.4 Å². The average molecular weight is 251 g/mol. The molecular formula is C9H9N5O2S. The van der Waals surface area contributed by atoms with Crippen LogP contribution in [0.15, 0.2) is 28.6 Å². The van der Waals surface area contributed by atoms with Crippen molar-refractivity contribution in [3.05, 3.63) is 45.0 Å². The molecule has 3 N–H and O–H groups in total. The molecule has 1 amide bonds. The van der Waals surface area contributed by atoms with E-state index >= 15 is 0 Å². The topological polar surface area (TPSA) is 103 Å². The molecule has 0 aromatic carbocycles. The molecule has 0 aliphatic rings. The van der Waals surface area contributed by atoms with Crippen LogP contribution in [0.2, 0.25) is 0 Å². The fourth-order valence-corrected chi connectivity index (χ4v) is 1.94. The predicted molar refractivity (Wildman–Crippen MR) is 61.4 cm³/mol. The van der Waals surface area contributed by atoms with E-state index in [1.807, 2.05) is 5.43 Å². The molecule has 7 nitrogen and oxygen atoms in total. The number of nitrogens with two attached hydrogens (primary N) is 1. The summed E-state index contributed by atoms with van der Waals surface area (Å²) in [6, 6.07) is 1.65. The zero-order valence-electron chi connectivity index (χ0n) is 8.66. The fraction of sp³-hybridized carbons (Fsp3) is 0.111. The molecule has 88 valence electrons. The third-order valence-corrected chi connectivity index (χ3v) is 2.88. The van der Waals surface area contributed by atoms with E-state index in [-0.39, 0.29) is 17.2 Å². The number of hydrazine groups is 1. The number of nitrogen functional groups attached to an aromatic ring is 1. The van der Waals surface area contributed by atoms with Gasteiger partial charge in [-0.1, -0.05) is 0 Å². The highest BCUT2D eigenvalue weighted by Crippen LogP contribution is 2.09. The lowest BCUT2D eigenvalue weighted by molar-refractivity contribution is 0.0953. The van der Waals surface area contributed by atoms with E-state index in [9.17, 15) is 9.59 Å². The van der Waals surface area contributed by atoms with Crippen LogP contribution in [-0.2, 0) is 6.54 Å². The summed E-state index contributed by atoms with van der Waals surface area (Å²) in [4.78, 5) is 30.2. The van der Waals surface area contributed by atoms with E-state index in [0.717, 1.165) is 0 Å².